The van der Waals surface area contributed by atoms with Crippen molar-refractivity contribution in [2.75, 3.05) is 0 Å². The minimum absolute atomic E-state index is 0. The third-order valence-corrected chi connectivity index (χ3v) is 0. The molecule has 2 N–H and O–H groups in total. The Morgan fingerprint density at radius 3 is 1.20 bits per heavy atom. The van der Waals surface area contributed by atoms with Crippen molar-refractivity contribution in [3.05, 3.63) is 0 Å². The standard InChI is InChI=1S/CH2O3.2K.O3Si/c2-1(3)4;;;1-4(2)3/h(H2,2,3,4);;;/q;2*+1;-2. The van der Waals surface area contributed by atoms with E-state index >= 15 is 0 Å². The zero-order valence-electron chi connectivity index (χ0n) is 5.53. The van der Waals surface area contributed by atoms with Crippen LogP contribution in [0.25, 0.3) is 0 Å². The number of carboxylic acid groups (broad SMARTS) is 2. The monoisotopic (exact) mass is 216 g/mol. The Morgan fingerprint density at radius 2 is 1.20 bits per heavy atom. The summed E-state index contributed by atoms with van der Waals surface area (Å²) in [6.45, 7) is 0. The van der Waals surface area contributed by atoms with E-state index in [0.29, 0.717) is 0 Å². The van der Waals surface area contributed by atoms with Gasteiger partial charge in [-0.1, -0.05) is 0 Å². The molecule has 48 valence electrons. The van der Waals surface area contributed by atoms with E-state index in [1.54, 1.807) is 0 Å². The number of hydrogen-bond acceptors (Lipinski definition) is 4. The molecule has 10 heavy (non-hydrogen) atoms. The van der Waals surface area contributed by atoms with E-state index in [9.17, 15) is 0 Å². The first-order valence-electron chi connectivity index (χ1n) is 1.26. The molecule has 9 heteroatoms. The predicted octanol–water partition coefficient (Wildman–Crippen LogP) is -8.65. The van der Waals surface area contributed by atoms with Gasteiger partial charge in [0.25, 0.3) is 0 Å². The van der Waals surface area contributed by atoms with Crippen LogP contribution in [0.4, 0.5) is 4.79 Å². The SMILES string of the molecule is O=C(O)O.O=[Si]([O-])[O-].[K+].[K+]. The van der Waals surface area contributed by atoms with Crippen LogP contribution in [0.3, 0.4) is 0 Å². The van der Waals surface area contributed by atoms with Gasteiger partial charge in [0.2, 0.25) is 0 Å². The van der Waals surface area contributed by atoms with Crippen molar-refractivity contribution in [3.63, 3.8) is 0 Å². The van der Waals surface area contributed by atoms with Crippen LogP contribution in [0.2, 0.25) is 0 Å². The van der Waals surface area contributed by atoms with E-state index in [2.05, 4.69) is 0 Å². The van der Waals surface area contributed by atoms with Crippen LogP contribution in [-0.4, -0.2) is 25.5 Å². The topological polar surface area (TPSA) is 121 Å². The molecule has 0 spiro atoms. The summed E-state index contributed by atoms with van der Waals surface area (Å²) in [6.07, 6.45) is -1.83. The van der Waals surface area contributed by atoms with Gasteiger partial charge in [-0.15, -0.1) is 0 Å². The molecule has 0 rings (SSSR count). The van der Waals surface area contributed by atoms with Crippen molar-refractivity contribution in [1.29, 1.82) is 0 Å². The van der Waals surface area contributed by atoms with Gasteiger partial charge in [0.15, 0.2) is 0 Å². The zero-order valence-corrected chi connectivity index (χ0v) is 12.8. The molecule has 0 aliphatic heterocycles. The number of rotatable bonds is 0. The second kappa shape index (κ2) is 17.3. The third kappa shape index (κ3) is 183. The van der Waals surface area contributed by atoms with E-state index in [4.69, 9.17) is 29.1 Å². The van der Waals surface area contributed by atoms with E-state index < -0.39 is 15.3 Å². The minimum Gasteiger partial charge on any atom is -0.672 e. The molecule has 0 fully saturated rings. The Labute approximate surface area is 143 Å². The van der Waals surface area contributed by atoms with Crippen molar-refractivity contribution in [2.45, 2.75) is 0 Å². The molecule has 0 saturated carbocycles. The van der Waals surface area contributed by atoms with Crippen LogP contribution in [0.1, 0.15) is 0 Å². The summed E-state index contributed by atoms with van der Waals surface area (Å²) in [7, 11) is -3.63. The summed E-state index contributed by atoms with van der Waals surface area (Å²) in [4.78, 5) is 25.6. The maximum Gasteiger partial charge on any atom is 1.00 e. The number of carbonyl (C=O) groups is 1. The van der Waals surface area contributed by atoms with Crippen LogP contribution in [0.15, 0.2) is 0 Å². The smallest absolute Gasteiger partial charge is 0.672 e. The molecule has 0 atom stereocenters. The second-order valence-corrected chi connectivity index (χ2v) is 1.03. The summed E-state index contributed by atoms with van der Waals surface area (Å²) in [5.74, 6) is 0. The van der Waals surface area contributed by atoms with Crippen LogP contribution >= 0.6 is 0 Å². The van der Waals surface area contributed by atoms with Crippen molar-refractivity contribution in [1.82, 2.24) is 0 Å². The van der Waals surface area contributed by atoms with Crippen LogP contribution in [0, 0.1) is 0 Å². The Morgan fingerprint density at radius 1 is 1.20 bits per heavy atom. The summed E-state index contributed by atoms with van der Waals surface area (Å²) in [6, 6.07) is 0. The van der Waals surface area contributed by atoms with E-state index in [1.165, 1.54) is 0 Å². The van der Waals surface area contributed by atoms with Crippen LogP contribution < -0.4 is 112 Å². The molecule has 0 radical (unpaired) electrons. The Bertz CT molecular complexity index is 73.7. The van der Waals surface area contributed by atoms with Gasteiger partial charge >= 0.3 is 109 Å². The van der Waals surface area contributed by atoms with Crippen LogP contribution in [0.5, 0.6) is 0 Å². The molecule has 0 aromatic heterocycles. The van der Waals surface area contributed by atoms with Gasteiger partial charge in [0.1, 0.15) is 0 Å². The van der Waals surface area contributed by atoms with Crippen molar-refractivity contribution < 1.29 is 132 Å². The maximum atomic E-state index is 8.56. The molecule has 0 amide bonds. The summed E-state index contributed by atoms with van der Waals surface area (Å²) >= 11 is 0. The Kier molecular flexibility index (Phi) is 39.3. The Balaban J connectivity index is -0.0000000300. The van der Waals surface area contributed by atoms with Gasteiger partial charge in [0.05, 0.1) is 0 Å². The first-order chi connectivity index (χ1) is 3.46. The molecule has 0 heterocycles. The second-order valence-electron chi connectivity index (χ2n) is 0.533. The zero-order chi connectivity index (χ0) is 7.15. The van der Waals surface area contributed by atoms with Gasteiger partial charge < -0.3 is 24.3 Å². The molecule has 0 unspecified atom stereocenters. The van der Waals surface area contributed by atoms with Gasteiger partial charge in [-0.2, -0.15) is 0 Å². The van der Waals surface area contributed by atoms with Crippen molar-refractivity contribution in [3.8, 4) is 0 Å². The first kappa shape index (κ1) is 22.7. The molecule has 0 saturated heterocycles. The van der Waals surface area contributed by atoms with Crippen LogP contribution in [-0.2, 0) is 4.46 Å². The number of hydrogen-bond donors (Lipinski definition) is 2. The van der Waals surface area contributed by atoms with Gasteiger partial charge in [-0.25, -0.2) is 4.79 Å². The minimum atomic E-state index is -3.63. The van der Waals surface area contributed by atoms with Gasteiger partial charge in [-0.05, 0) is 0 Å². The quantitative estimate of drug-likeness (QED) is 0.388. The molecule has 0 aliphatic carbocycles. The van der Waals surface area contributed by atoms with E-state index in [0.717, 1.165) is 0 Å². The molecule has 0 aliphatic rings. The normalized spacial score (nSPS) is 4.80. The summed E-state index contributed by atoms with van der Waals surface area (Å²) in [5.41, 5.74) is 0. The molecular formula is CH2K2O6Si. The maximum absolute atomic E-state index is 8.56. The fraction of sp³-hybridized carbons (Fsp3) is 0. The fourth-order valence-electron chi connectivity index (χ4n) is 0. The average molecular weight is 216 g/mol. The molecule has 6 nitrogen and oxygen atoms in total. The largest absolute Gasteiger partial charge is 1.00 e. The van der Waals surface area contributed by atoms with Crippen molar-refractivity contribution >= 4 is 15.3 Å². The molecule has 0 aromatic rings. The summed E-state index contributed by atoms with van der Waals surface area (Å²) < 4.78 is 8.52. The molecule has 0 bridgehead atoms. The summed E-state index contributed by atoms with van der Waals surface area (Å²) in [5, 5.41) is 13.9. The van der Waals surface area contributed by atoms with E-state index in [-0.39, 0.29) is 103 Å². The van der Waals surface area contributed by atoms with Crippen molar-refractivity contribution in [2.24, 2.45) is 0 Å². The molecular weight excluding hydrogens is 214 g/mol. The molecule has 0 aromatic carbocycles. The average Bonchev–Trinajstić information content (AvgIpc) is 1.25. The van der Waals surface area contributed by atoms with E-state index in [1.807, 2.05) is 0 Å². The van der Waals surface area contributed by atoms with Gasteiger partial charge in [0, 0.05) is 9.17 Å². The first-order valence-corrected chi connectivity index (χ1v) is 2.49. The third-order valence-electron chi connectivity index (χ3n) is 0. The Hall–Kier alpha value is 2.16. The fourth-order valence-corrected chi connectivity index (χ4v) is 0. The predicted molar refractivity (Wildman–Crippen MR) is 17.1 cm³/mol. The van der Waals surface area contributed by atoms with Gasteiger partial charge in [-0.3, -0.25) is 0 Å².